The van der Waals surface area contributed by atoms with E-state index in [-0.39, 0.29) is 18.1 Å². The molecule has 0 spiro atoms. The van der Waals surface area contributed by atoms with Gasteiger partial charge in [-0.05, 0) is 43.4 Å². The van der Waals surface area contributed by atoms with Crippen molar-refractivity contribution in [3.05, 3.63) is 58.2 Å². The lowest BCUT2D eigenvalue weighted by Crippen LogP contribution is -2.43. The number of dihydropyridines is 1. The number of rotatable bonds is 5. The van der Waals surface area contributed by atoms with E-state index in [2.05, 4.69) is 5.32 Å². The van der Waals surface area contributed by atoms with E-state index in [1.54, 1.807) is 13.0 Å². The number of ether oxygens (including phenoxy) is 2. The standard InChI is InChI=1S/C23H26FNO5/c1-5-9-30-23(28)18-13(3)25-16-10-12(2)17(22(27)29-4)21(26)20(16)19(18)14-7-6-8-15(24)11-14/h6-8,11-12,17,19,25H,5,9-10H2,1-4H3/t12-,17+,19+/m0/s1. The van der Waals surface area contributed by atoms with E-state index in [9.17, 15) is 18.8 Å². The minimum Gasteiger partial charge on any atom is -0.468 e. The molecule has 1 aliphatic carbocycles. The van der Waals surface area contributed by atoms with Gasteiger partial charge in [0.1, 0.15) is 11.7 Å². The summed E-state index contributed by atoms with van der Waals surface area (Å²) in [6.07, 6.45) is 1.08. The number of Topliss-reactive ketones (excluding diaryl/α,β-unsaturated/α-hetero) is 1. The van der Waals surface area contributed by atoms with Crippen LogP contribution in [0.15, 0.2) is 46.8 Å². The lowest BCUT2D eigenvalue weighted by atomic mass is 9.69. The number of benzene rings is 1. The van der Waals surface area contributed by atoms with Crippen LogP contribution in [0.5, 0.6) is 0 Å². The molecule has 30 heavy (non-hydrogen) atoms. The summed E-state index contributed by atoms with van der Waals surface area (Å²) in [4.78, 5) is 38.7. The molecule has 0 unspecified atom stereocenters. The molecular formula is C23H26FNO5. The highest BCUT2D eigenvalue weighted by atomic mass is 19.1. The third kappa shape index (κ3) is 3.88. The first-order chi connectivity index (χ1) is 14.3. The Morgan fingerprint density at radius 1 is 1.30 bits per heavy atom. The van der Waals surface area contributed by atoms with Gasteiger partial charge >= 0.3 is 11.9 Å². The first kappa shape index (κ1) is 21.7. The van der Waals surface area contributed by atoms with E-state index in [1.807, 2.05) is 13.8 Å². The summed E-state index contributed by atoms with van der Waals surface area (Å²) in [6.45, 7) is 5.66. The van der Waals surface area contributed by atoms with Gasteiger partial charge in [0.15, 0.2) is 5.78 Å². The van der Waals surface area contributed by atoms with Crippen LogP contribution in [-0.2, 0) is 23.9 Å². The molecular weight excluding hydrogens is 389 g/mol. The molecule has 1 aromatic rings. The van der Waals surface area contributed by atoms with E-state index in [0.717, 1.165) is 0 Å². The second kappa shape index (κ2) is 8.81. The number of allylic oxidation sites excluding steroid dienone is 3. The lowest BCUT2D eigenvalue weighted by Gasteiger charge is -2.38. The van der Waals surface area contributed by atoms with Crippen LogP contribution in [0, 0.1) is 17.7 Å². The summed E-state index contributed by atoms with van der Waals surface area (Å²) in [5.74, 6) is -4.14. The van der Waals surface area contributed by atoms with Crippen molar-refractivity contribution >= 4 is 17.7 Å². The Kier molecular flexibility index (Phi) is 6.39. The van der Waals surface area contributed by atoms with Gasteiger partial charge in [0.2, 0.25) is 0 Å². The van der Waals surface area contributed by atoms with Crippen LogP contribution in [-0.4, -0.2) is 31.4 Å². The summed E-state index contributed by atoms with van der Waals surface area (Å²) in [5, 5.41) is 3.17. The fourth-order valence-corrected chi connectivity index (χ4v) is 4.24. The topological polar surface area (TPSA) is 81.7 Å². The van der Waals surface area contributed by atoms with Crippen molar-refractivity contribution in [3.63, 3.8) is 0 Å². The Morgan fingerprint density at radius 3 is 2.67 bits per heavy atom. The number of esters is 2. The number of hydrogen-bond acceptors (Lipinski definition) is 6. The van der Waals surface area contributed by atoms with Crippen molar-refractivity contribution in [1.82, 2.24) is 5.32 Å². The molecule has 0 radical (unpaired) electrons. The molecule has 0 aromatic heterocycles. The fourth-order valence-electron chi connectivity index (χ4n) is 4.24. The molecule has 3 atom stereocenters. The molecule has 0 fully saturated rings. The molecule has 160 valence electrons. The number of nitrogens with one attached hydrogen (secondary N) is 1. The van der Waals surface area contributed by atoms with Gasteiger partial charge in [-0.15, -0.1) is 0 Å². The molecule has 0 bridgehead atoms. The Labute approximate surface area is 175 Å². The van der Waals surface area contributed by atoms with Gasteiger partial charge in [-0.2, -0.15) is 0 Å². The molecule has 3 rings (SSSR count). The van der Waals surface area contributed by atoms with Gasteiger partial charge in [-0.1, -0.05) is 26.0 Å². The van der Waals surface area contributed by atoms with Crippen molar-refractivity contribution in [3.8, 4) is 0 Å². The van der Waals surface area contributed by atoms with E-state index < -0.39 is 35.4 Å². The van der Waals surface area contributed by atoms with Crippen molar-refractivity contribution in [2.45, 2.75) is 39.5 Å². The van der Waals surface area contributed by atoms with E-state index >= 15 is 0 Å². The highest BCUT2D eigenvalue weighted by Gasteiger charge is 2.47. The van der Waals surface area contributed by atoms with Crippen molar-refractivity contribution < 1.29 is 28.2 Å². The van der Waals surface area contributed by atoms with Gasteiger partial charge in [-0.3, -0.25) is 9.59 Å². The Balaban J connectivity index is 2.16. The molecule has 6 nitrogen and oxygen atoms in total. The van der Waals surface area contributed by atoms with E-state index in [4.69, 9.17) is 9.47 Å². The van der Waals surface area contributed by atoms with Crippen molar-refractivity contribution in [2.75, 3.05) is 13.7 Å². The van der Waals surface area contributed by atoms with Crippen LogP contribution in [0.25, 0.3) is 0 Å². The maximum Gasteiger partial charge on any atom is 0.336 e. The molecule has 1 heterocycles. The highest BCUT2D eigenvalue weighted by Crippen LogP contribution is 2.45. The molecule has 2 aliphatic rings. The SMILES string of the molecule is CCCOC(=O)C1=C(C)NC2=C(C(=O)[C@H](C(=O)OC)[C@@H](C)C2)[C@@H]1c1cccc(F)c1. The normalized spacial score (nSPS) is 23.6. The number of carbonyl (C=O) groups excluding carboxylic acids is 3. The van der Waals surface area contributed by atoms with Crippen LogP contribution < -0.4 is 5.32 Å². The quantitative estimate of drug-likeness (QED) is 0.586. The molecule has 7 heteroatoms. The molecule has 1 aromatic carbocycles. The van der Waals surface area contributed by atoms with Crippen LogP contribution in [0.4, 0.5) is 4.39 Å². The molecule has 1 N–H and O–H groups in total. The Hall–Kier alpha value is -2.96. The van der Waals surface area contributed by atoms with Gasteiger partial charge in [0.05, 0.1) is 19.3 Å². The van der Waals surface area contributed by atoms with Crippen molar-refractivity contribution in [2.24, 2.45) is 11.8 Å². The zero-order valence-electron chi connectivity index (χ0n) is 17.6. The van der Waals surface area contributed by atoms with Gasteiger partial charge in [0.25, 0.3) is 0 Å². The first-order valence-corrected chi connectivity index (χ1v) is 10.1. The maximum absolute atomic E-state index is 14.1. The maximum atomic E-state index is 14.1. The van der Waals surface area contributed by atoms with Crippen LogP contribution >= 0.6 is 0 Å². The summed E-state index contributed by atoms with van der Waals surface area (Å²) in [7, 11) is 1.24. The number of halogens is 1. The fraction of sp³-hybridized carbons (Fsp3) is 0.435. The number of methoxy groups -OCH3 is 1. The Bertz CT molecular complexity index is 949. The summed E-state index contributed by atoms with van der Waals surface area (Å²) in [6, 6.07) is 5.81. The average Bonchev–Trinajstić information content (AvgIpc) is 2.70. The summed E-state index contributed by atoms with van der Waals surface area (Å²) in [5.41, 5.74) is 2.20. The number of ketones is 1. The molecule has 0 saturated carbocycles. The van der Waals surface area contributed by atoms with E-state index in [0.29, 0.717) is 35.4 Å². The second-order valence-electron chi connectivity index (χ2n) is 7.73. The third-order valence-corrected chi connectivity index (χ3v) is 5.58. The molecule has 0 amide bonds. The van der Waals surface area contributed by atoms with Gasteiger partial charge in [-0.25, -0.2) is 9.18 Å². The van der Waals surface area contributed by atoms with Gasteiger partial charge in [0, 0.05) is 22.9 Å². The highest BCUT2D eigenvalue weighted by molar-refractivity contribution is 6.12. The molecule has 1 aliphatic heterocycles. The third-order valence-electron chi connectivity index (χ3n) is 5.58. The second-order valence-corrected chi connectivity index (χ2v) is 7.73. The largest absolute Gasteiger partial charge is 0.468 e. The number of hydrogen-bond donors (Lipinski definition) is 1. The summed E-state index contributed by atoms with van der Waals surface area (Å²) >= 11 is 0. The van der Waals surface area contributed by atoms with Crippen LogP contribution in [0.3, 0.4) is 0 Å². The zero-order chi connectivity index (χ0) is 22.0. The van der Waals surface area contributed by atoms with Crippen molar-refractivity contribution in [1.29, 1.82) is 0 Å². The zero-order valence-corrected chi connectivity index (χ0v) is 17.6. The van der Waals surface area contributed by atoms with Crippen LogP contribution in [0.1, 0.15) is 45.1 Å². The summed E-state index contributed by atoms with van der Waals surface area (Å²) < 4.78 is 24.3. The number of carbonyl (C=O) groups is 3. The smallest absolute Gasteiger partial charge is 0.336 e. The molecule has 0 saturated heterocycles. The Morgan fingerprint density at radius 2 is 2.03 bits per heavy atom. The predicted octanol–water partition coefficient (Wildman–Crippen LogP) is 3.39. The predicted molar refractivity (Wildman–Crippen MR) is 108 cm³/mol. The lowest BCUT2D eigenvalue weighted by molar-refractivity contribution is -0.151. The van der Waals surface area contributed by atoms with Gasteiger partial charge < -0.3 is 14.8 Å². The van der Waals surface area contributed by atoms with Crippen LogP contribution in [0.2, 0.25) is 0 Å². The minimum atomic E-state index is -0.974. The first-order valence-electron chi connectivity index (χ1n) is 10.1. The average molecular weight is 415 g/mol. The van der Waals surface area contributed by atoms with E-state index in [1.165, 1.54) is 25.3 Å². The minimum absolute atomic E-state index is 0.229. The monoisotopic (exact) mass is 415 g/mol.